The molecule has 2 rings (SSSR count). The molecular weight excluding hydrogens is 453 g/mol. The number of halogens is 3. The molecule has 2 amide bonds. The molecule has 0 fully saturated rings. The summed E-state index contributed by atoms with van der Waals surface area (Å²) in [5.74, 6) is -0.630. The Bertz CT molecular complexity index is 1020. The molecule has 0 atom stereocenters. The number of alkyl carbamates (subject to hydrolysis) is 1. The van der Waals surface area contributed by atoms with Crippen molar-refractivity contribution in [3.63, 3.8) is 0 Å². The Labute approximate surface area is 195 Å². The zero-order valence-corrected chi connectivity index (χ0v) is 19.7. The SMILES string of the molecule is CC(=O)Nc1ccc(Nc2ncc(C(F)(F)F)c(NCCCNC(=O)OC(C)(C)C)n2)cc1C. The van der Waals surface area contributed by atoms with E-state index >= 15 is 0 Å². The first-order valence-corrected chi connectivity index (χ1v) is 10.5. The third-order valence-corrected chi connectivity index (χ3v) is 4.20. The second-order valence-electron chi connectivity index (χ2n) is 8.50. The number of alkyl halides is 3. The fourth-order valence-electron chi connectivity index (χ4n) is 2.78. The van der Waals surface area contributed by atoms with Gasteiger partial charge < -0.3 is 26.0 Å². The zero-order valence-electron chi connectivity index (χ0n) is 19.7. The summed E-state index contributed by atoms with van der Waals surface area (Å²) >= 11 is 0. The molecule has 9 nitrogen and oxygen atoms in total. The number of nitrogens with zero attached hydrogens (tertiary/aromatic N) is 2. The molecule has 1 aromatic carbocycles. The van der Waals surface area contributed by atoms with Gasteiger partial charge in [-0.15, -0.1) is 0 Å². The Hall–Kier alpha value is -3.57. The maximum atomic E-state index is 13.4. The van der Waals surface area contributed by atoms with Crippen molar-refractivity contribution in [1.82, 2.24) is 15.3 Å². The number of ether oxygens (including phenoxy) is 1. The summed E-state index contributed by atoms with van der Waals surface area (Å²) in [6.45, 7) is 8.69. The van der Waals surface area contributed by atoms with Crippen molar-refractivity contribution >= 4 is 35.1 Å². The van der Waals surface area contributed by atoms with Gasteiger partial charge in [0, 0.05) is 37.6 Å². The van der Waals surface area contributed by atoms with Gasteiger partial charge in [0.1, 0.15) is 17.0 Å². The number of nitrogens with one attached hydrogen (secondary N) is 4. The van der Waals surface area contributed by atoms with E-state index < -0.39 is 23.4 Å². The first-order valence-electron chi connectivity index (χ1n) is 10.5. The molecular formula is C22H29F3N6O3. The molecule has 0 saturated heterocycles. The second kappa shape index (κ2) is 11.0. The van der Waals surface area contributed by atoms with E-state index in [9.17, 15) is 22.8 Å². The normalized spacial score (nSPS) is 11.5. The first kappa shape index (κ1) is 26.7. The molecule has 186 valence electrons. The molecule has 0 bridgehead atoms. The van der Waals surface area contributed by atoms with Gasteiger partial charge >= 0.3 is 12.3 Å². The number of aromatic nitrogens is 2. The van der Waals surface area contributed by atoms with Crippen molar-refractivity contribution in [1.29, 1.82) is 0 Å². The van der Waals surface area contributed by atoms with Crippen molar-refractivity contribution in [3.8, 4) is 0 Å². The zero-order chi connectivity index (χ0) is 25.5. The highest BCUT2D eigenvalue weighted by Gasteiger charge is 2.35. The largest absolute Gasteiger partial charge is 0.444 e. The average Bonchev–Trinajstić information content (AvgIpc) is 2.67. The summed E-state index contributed by atoms with van der Waals surface area (Å²) in [7, 11) is 0. The van der Waals surface area contributed by atoms with Crippen molar-refractivity contribution in [2.24, 2.45) is 0 Å². The van der Waals surface area contributed by atoms with E-state index in [0.29, 0.717) is 24.0 Å². The van der Waals surface area contributed by atoms with Crippen LogP contribution in [0.4, 0.5) is 41.1 Å². The Kier molecular flexibility index (Phi) is 8.66. The summed E-state index contributed by atoms with van der Waals surface area (Å²) in [5.41, 5.74) is 0.266. The number of amides is 2. The monoisotopic (exact) mass is 482 g/mol. The quantitative estimate of drug-likeness (QED) is 0.398. The van der Waals surface area contributed by atoms with Crippen molar-refractivity contribution in [3.05, 3.63) is 35.5 Å². The van der Waals surface area contributed by atoms with Gasteiger partial charge in [-0.25, -0.2) is 9.78 Å². The maximum Gasteiger partial charge on any atom is 0.421 e. The Balaban J connectivity index is 2.05. The Morgan fingerprint density at radius 3 is 2.41 bits per heavy atom. The van der Waals surface area contributed by atoms with Crippen LogP contribution < -0.4 is 21.3 Å². The van der Waals surface area contributed by atoms with Gasteiger partial charge in [-0.3, -0.25) is 4.79 Å². The molecule has 1 aromatic heterocycles. The van der Waals surface area contributed by atoms with E-state index in [1.54, 1.807) is 45.9 Å². The smallest absolute Gasteiger partial charge is 0.421 e. The summed E-state index contributed by atoms with van der Waals surface area (Å²) < 4.78 is 45.3. The number of benzene rings is 1. The predicted octanol–water partition coefficient (Wildman–Crippen LogP) is 4.83. The second-order valence-corrected chi connectivity index (χ2v) is 8.50. The van der Waals surface area contributed by atoms with Crippen LogP contribution in [0, 0.1) is 6.92 Å². The lowest BCUT2D eigenvalue weighted by molar-refractivity contribution is -0.137. The predicted molar refractivity (Wildman–Crippen MR) is 123 cm³/mol. The third kappa shape index (κ3) is 8.75. The molecule has 12 heteroatoms. The maximum absolute atomic E-state index is 13.4. The van der Waals surface area contributed by atoms with Gasteiger partial charge in [-0.05, 0) is 57.9 Å². The van der Waals surface area contributed by atoms with E-state index in [4.69, 9.17) is 4.74 Å². The van der Waals surface area contributed by atoms with Gasteiger partial charge in [-0.2, -0.15) is 18.2 Å². The van der Waals surface area contributed by atoms with E-state index in [2.05, 4.69) is 31.2 Å². The van der Waals surface area contributed by atoms with E-state index in [1.165, 1.54) is 6.92 Å². The topological polar surface area (TPSA) is 117 Å². The van der Waals surface area contributed by atoms with Crippen molar-refractivity contribution in [2.45, 2.75) is 52.8 Å². The van der Waals surface area contributed by atoms with Crippen LogP contribution in [0.3, 0.4) is 0 Å². The van der Waals surface area contributed by atoms with Gasteiger partial charge in [0.15, 0.2) is 0 Å². The van der Waals surface area contributed by atoms with E-state index in [1.807, 2.05) is 0 Å². The highest BCUT2D eigenvalue weighted by Crippen LogP contribution is 2.34. The third-order valence-electron chi connectivity index (χ3n) is 4.20. The molecule has 0 aliphatic rings. The van der Waals surface area contributed by atoms with Crippen LogP contribution in [0.2, 0.25) is 0 Å². The van der Waals surface area contributed by atoms with Crippen molar-refractivity contribution < 1.29 is 27.5 Å². The summed E-state index contributed by atoms with van der Waals surface area (Å²) in [4.78, 5) is 30.6. The number of hydrogen-bond acceptors (Lipinski definition) is 7. The average molecular weight is 483 g/mol. The minimum Gasteiger partial charge on any atom is -0.444 e. The molecule has 0 spiro atoms. The molecule has 0 aliphatic heterocycles. The number of hydrogen-bond donors (Lipinski definition) is 4. The molecule has 0 radical (unpaired) electrons. The van der Waals surface area contributed by atoms with Gasteiger partial charge in [0.2, 0.25) is 11.9 Å². The standard InChI is InChI=1S/C22H29F3N6O3/c1-13-11-15(7-8-17(13)29-14(2)32)30-19-28-12-16(22(23,24)25)18(31-19)26-9-6-10-27-20(33)34-21(3,4)5/h7-8,11-12H,6,9-10H2,1-5H3,(H,27,33)(H,29,32)(H2,26,28,30,31). The lowest BCUT2D eigenvalue weighted by Crippen LogP contribution is -2.33. The van der Waals surface area contributed by atoms with Gasteiger partial charge in [0.25, 0.3) is 0 Å². The molecule has 1 heterocycles. The van der Waals surface area contributed by atoms with Crippen LogP contribution in [0.15, 0.2) is 24.4 Å². The number of carbonyl (C=O) groups is 2. The van der Waals surface area contributed by atoms with Crippen LogP contribution in [0.5, 0.6) is 0 Å². The van der Waals surface area contributed by atoms with Crippen LogP contribution in [-0.2, 0) is 15.7 Å². The minimum atomic E-state index is -4.65. The lowest BCUT2D eigenvalue weighted by Gasteiger charge is -2.19. The van der Waals surface area contributed by atoms with Crippen LogP contribution in [0.25, 0.3) is 0 Å². The Morgan fingerprint density at radius 1 is 1.12 bits per heavy atom. The number of carbonyl (C=O) groups excluding carboxylic acids is 2. The molecule has 0 aliphatic carbocycles. The molecule has 34 heavy (non-hydrogen) atoms. The Morgan fingerprint density at radius 2 is 1.82 bits per heavy atom. The fraction of sp³-hybridized carbons (Fsp3) is 0.455. The van der Waals surface area contributed by atoms with E-state index in [-0.39, 0.29) is 30.8 Å². The number of anilines is 4. The van der Waals surface area contributed by atoms with Crippen molar-refractivity contribution in [2.75, 3.05) is 29.0 Å². The van der Waals surface area contributed by atoms with Gasteiger partial charge in [-0.1, -0.05) is 0 Å². The molecule has 2 aromatic rings. The molecule has 0 saturated carbocycles. The van der Waals surface area contributed by atoms with Crippen LogP contribution in [-0.4, -0.2) is 40.7 Å². The fourth-order valence-corrected chi connectivity index (χ4v) is 2.78. The highest BCUT2D eigenvalue weighted by molar-refractivity contribution is 5.89. The summed E-state index contributed by atoms with van der Waals surface area (Å²) in [6.07, 6.45) is -4.20. The molecule has 0 unspecified atom stereocenters. The van der Waals surface area contributed by atoms with Crippen LogP contribution >= 0.6 is 0 Å². The highest BCUT2D eigenvalue weighted by atomic mass is 19.4. The number of aryl methyl sites for hydroxylation is 1. The van der Waals surface area contributed by atoms with Gasteiger partial charge in [0.05, 0.1) is 0 Å². The lowest BCUT2D eigenvalue weighted by atomic mass is 10.1. The molecule has 4 N–H and O–H groups in total. The van der Waals surface area contributed by atoms with E-state index in [0.717, 1.165) is 5.56 Å². The summed E-state index contributed by atoms with van der Waals surface area (Å²) in [5, 5.41) is 10.7. The first-order chi connectivity index (χ1) is 15.7. The minimum absolute atomic E-state index is 0.0333. The van der Waals surface area contributed by atoms with Crippen LogP contribution in [0.1, 0.15) is 45.2 Å². The number of rotatable bonds is 8. The summed E-state index contributed by atoms with van der Waals surface area (Å²) in [6, 6.07) is 5.02.